The van der Waals surface area contributed by atoms with Crippen LogP contribution in [0.2, 0.25) is 0 Å². The van der Waals surface area contributed by atoms with E-state index in [9.17, 15) is 0 Å². The maximum Gasteiger partial charge on any atom is 0.155 e. The molecule has 6 nitrogen and oxygen atoms in total. The number of aryl methyl sites for hydroxylation is 2. The zero-order valence-corrected chi connectivity index (χ0v) is 12.3. The molecule has 0 aliphatic carbocycles. The monoisotopic (exact) mass is 290 g/mol. The summed E-state index contributed by atoms with van der Waals surface area (Å²) in [7, 11) is 0. The summed E-state index contributed by atoms with van der Waals surface area (Å²) in [5.74, 6) is 0. The van der Waals surface area contributed by atoms with Crippen LogP contribution in [0.4, 0.5) is 0 Å². The molecule has 1 N–H and O–H groups in total. The molecule has 6 heteroatoms. The summed E-state index contributed by atoms with van der Waals surface area (Å²) in [5.41, 5.74) is 6.57. The van der Waals surface area contributed by atoms with Crippen LogP contribution in [0, 0.1) is 13.8 Å². The number of nitrogens with zero attached hydrogens (tertiary/aromatic N) is 5. The van der Waals surface area contributed by atoms with Crippen LogP contribution in [0.1, 0.15) is 11.4 Å². The van der Waals surface area contributed by atoms with Crippen molar-refractivity contribution in [1.29, 1.82) is 0 Å². The van der Waals surface area contributed by atoms with Crippen molar-refractivity contribution < 1.29 is 0 Å². The molecule has 4 aromatic rings. The average molecular weight is 290 g/mol. The smallest absolute Gasteiger partial charge is 0.155 e. The Hall–Kier alpha value is -3.02. The second kappa shape index (κ2) is 4.77. The van der Waals surface area contributed by atoms with E-state index < -0.39 is 0 Å². The molecular formula is C16H14N6. The van der Waals surface area contributed by atoms with Gasteiger partial charge in [0.15, 0.2) is 5.65 Å². The summed E-state index contributed by atoms with van der Waals surface area (Å²) in [6.07, 6.45) is 5.40. The first kappa shape index (κ1) is 12.7. The largest absolute Gasteiger partial charge is 0.277 e. The summed E-state index contributed by atoms with van der Waals surface area (Å²) in [6.45, 7) is 3.99. The molecule has 0 aromatic carbocycles. The lowest BCUT2D eigenvalue weighted by Gasteiger charge is -2.04. The molecule has 0 aliphatic rings. The highest BCUT2D eigenvalue weighted by molar-refractivity contribution is 5.69. The van der Waals surface area contributed by atoms with Crippen LogP contribution in [0.3, 0.4) is 0 Å². The quantitative estimate of drug-likeness (QED) is 0.616. The minimum atomic E-state index is 0.853. The number of nitrogens with one attached hydrogen (secondary N) is 1. The standard InChI is InChI=1S/C16H14N6/c1-10-6-16-18-9-13(11(2)22(16)21-10)15-7-14(19-20-15)12-4-3-5-17-8-12/h3-9H,1-2H3,(H,19,20). The highest BCUT2D eigenvalue weighted by atomic mass is 15.3. The number of aromatic amines is 1. The van der Waals surface area contributed by atoms with E-state index in [0.29, 0.717) is 0 Å². The van der Waals surface area contributed by atoms with Gasteiger partial charge in [0.2, 0.25) is 0 Å². The molecule has 0 saturated carbocycles. The second-order valence-electron chi connectivity index (χ2n) is 5.22. The van der Waals surface area contributed by atoms with E-state index in [1.54, 1.807) is 12.4 Å². The fourth-order valence-corrected chi connectivity index (χ4v) is 2.55. The van der Waals surface area contributed by atoms with Crippen molar-refractivity contribution in [2.75, 3.05) is 0 Å². The van der Waals surface area contributed by atoms with Crippen LogP contribution < -0.4 is 0 Å². The number of aromatic nitrogens is 6. The number of fused-ring (bicyclic) bond motifs is 1. The SMILES string of the molecule is Cc1cc2ncc(-c3cc(-c4cccnc4)n[nH]3)c(C)n2n1. The molecular weight excluding hydrogens is 276 g/mol. The van der Waals surface area contributed by atoms with Crippen LogP contribution in [0.25, 0.3) is 28.2 Å². The van der Waals surface area contributed by atoms with Gasteiger partial charge in [0.1, 0.15) is 0 Å². The Labute approximate surface area is 126 Å². The van der Waals surface area contributed by atoms with Crippen molar-refractivity contribution in [3.8, 4) is 22.5 Å². The van der Waals surface area contributed by atoms with Crippen LogP contribution >= 0.6 is 0 Å². The Kier molecular flexibility index (Phi) is 2.75. The van der Waals surface area contributed by atoms with Crippen LogP contribution in [-0.2, 0) is 0 Å². The first-order valence-corrected chi connectivity index (χ1v) is 7.00. The molecule has 0 spiro atoms. The third kappa shape index (κ3) is 1.96. The molecule has 0 radical (unpaired) electrons. The molecule has 0 atom stereocenters. The van der Waals surface area contributed by atoms with Gasteiger partial charge in [0.25, 0.3) is 0 Å². The Morgan fingerprint density at radius 2 is 2.05 bits per heavy atom. The molecule has 108 valence electrons. The molecule has 0 unspecified atom stereocenters. The highest BCUT2D eigenvalue weighted by Gasteiger charge is 2.12. The van der Waals surface area contributed by atoms with Crippen molar-refractivity contribution in [2.45, 2.75) is 13.8 Å². The molecule has 0 bridgehead atoms. The summed E-state index contributed by atoms with van der Waals surface area (Å²) in [4.78, 5) is 8.59. The molecule has 4 aromatic heterocycles. The lowest BCUT2D eigenvalue weighted by molar-refractivity contribution is 0.878. The Morgan fingerprint density at radius 1 is 1.14 bits per heavy atom. The fraction of sp³-hybridized carbons (Fsp3) is 0.125. The topological polar surface area (TPSA) is 71.8 Å². The highest BCUT2D eigenvalue weighted by Crippen LogP contribution is 2.25. The van der Waals surface area contributed by atoms with Gasteiger partial charge in [-0.1, -0.05) is 0 Å². The molecule has 4 heterocycles. The summed E-state index contributed by atoms with van der Waals surface area (Å²) >= 11 is 0. The van der Waals surface area contributed by atoms with E-state index in [1.807, 2.05) is 48.8 Å². The number of H-pyrrole nitrogens is 1. The summed E-state index contributed by atoms with van der Waals surface area (Å²) < 4.78 is 1.86. The maximum absolute atomic E-state index is 4.47. The van der Waals surface area contributed by atoms with Crippen LogP contribution in [0.15, 0.2) is 42.9 Å². The van der Waals surface area contributed by atoms with Crippen LogP contribution in [0.5, 0.6) is 0 Å². The van der Waals surface area contributed by atoms with Gasteiger partial charge in [-0.2, -0.15) is 10.2 Å². The van der Waals surface area contributed by atoms with Gasteiger partial charge >= 0.3 is 0 Å². The first-order chi connectivity index (χ1) is 10.7. The van der Waals surface area contributed by atoms with E-state index >= 15 is 0 Å². The van der Waals surface area contributed by atoms with Gasteiger partial charge in [0.05, 0.1) is 22.8 Å². The van der Waals surface area contributed by atoms with Crippen LogP contribution in [-0.4, -0.2) is 29.8 Å². The lowest BCUT2D eigenvalue weighted by Crippen LogP contribution is -1.98. The third-order valence-electron chi connectivity index (χ3n) is 3.67. The van der Waals surface area contributed by atoms with Gasteiger partial charge in [-0.25, -0.2) is 9.50 Å². The predicted octanol–water partition coefficient (Wildman–Crippen LogP) is 2.80. The van der Waals surface area contributed by atoms with Crippen molar-refractivity contribution in [3.05, 3.63) is 54.2 Å². The second-order valence-corrected chi connectivity index (χ2v) is 5.22. The average Bonchev–Trinajstić information content (AvgIpc) is 3.15. The predicted molar refractivity (Wildman–Crippen MR) is 83.3 cm³/mol. The Balaban J connectivity index is 1.83. The lowest BCUT2D eigenvalue weighted by atomic mass is 10.1. The Bertz CT molecular complexity index is 951. The van der Waals surface area contributed by atoms with E-state index in [4.69, 9.17) is 0 Å². The third-order valence-corrected chi connectivity index (χ3v) is 3.67. The molecule has 0 aliphatic heterocycles. The van der Waals surface area contributed by atoms with Gasteiger partial charge in [-0.15, -0.1) is 0 Å². The molecule has 22 heavy (non-hydrogen) atoms. The number of hydrogen-bond acceptors (Lipinski definition) is 4. The van der Waals surface area contributed by atoms with Crippen molar-refractivity contribution in [1.82, 2.24) is 29.8 Å². The van der Waals surface area contributed by atoms with E-state index in [2.05, 4.69) is 25.3 Å². The van der Waals surface area contributed by atoms with Gasteiger partial charge in [-0.05, 0) is 32.0 Å². The first-order valence-electron chi connectivity index (χ1n) is 7.00. The summed E-state index contributed by atoms with van der Waals surface area (Å²) in [6, 6.07) is 7.85. The van der Waals surface area contributed by atoms with Crippen molar-refractivity contribution in [2.24, 2.45) is 0 Å². The molecule has 0 amide bonds. The number of rotatable bonds is 2. The minimum Gasteiger partial charge on any atom is -0.277 e. The van der Waals surface area contributed by atoms with Crippen molar-refractivity contribution in [3.63, 3.8) is 0 Å². The number of pyridine rings is 1. The van der Waals surface area contributed by atoms with Gasteiger partial charge < -0.3 is 0 Å². The number of hydrogen-bond donors (Lipinski definition) is 1. The van der Waals surface area contributed by atoms with Crippen molar-refractivity contribution >= 4 is 5.65 Å². The molecule has 0 fully saturated rings. The Morgan fingerprint density at radius 3 is 2.86 bits per heavy atom. The normalized spacial score (nSPS) is 11.2. The zero-order valence-electron chi connectivity index (χ0n) is 12.3. The van der Waals surface area contributed by atoms with Gasteiger partial charge in [-0.3, -0.25) is 10.1 Å². The fourth-order valence-electron chi connectivity index (χ4n) is 2.55. The van der Waals surface area contributed by atoms with E-state index in [-0.39, 0.29) is 0 Å². The van der Waals surface area contributed by atoms with E-state index in [1.165, 1.54) is 0 Å². The minimum absolute atomic E-state index is 0.853. The zero-order chi connectivity index (χ0) is 15.1. The summed E-state index contributed by atoms with van der Waals surface area (Å²) in [5, 5.41) is 11.9. The molecule has 4 rings (SSSR count). The van der Waals surface area contributed by atoms with E-state index in [0.717, 1.165) is 39.5 Å². The molecule has 0 saturated heterocycles. The van der Waals surface area contributed by atoms with Gasteiger partial charge in [0, 0.05) is 35.8 Å². The maximum atomic E-state index is 4.47.